The number of likely N-dealkylation sites (N-methyl/N-ethyl adjacent to an activating group) is 1. The number of ether oxygens (including phenoxy) is 1. The van der Waals surface area contributed by atoms with E-state index in [0.717, 1.165) is 26.6 Å². The van der Waals surface area contributed by atoms with Crippen molar-refractivity contribution in [2.75, 3.05) is 25.0 Å². The normalized spacial score (nSPS) is 11.8. The molecule has 0 aromatic heterocycles. The molecule has 0 radical (unpaired) electrons. The summed E-state index contributed by atoms with van der Waals surface area (Å²) in [6.07, 6.45) is 0.226. The molecule has 4 aromatic rings. The quantitative estimate of drug-likeness (QED) is 0.221. The number of halogens is 1. The first-order valence-electron chi connectivity index (χ1n) is 14.1. The molecule has 2 amide bonds. The van der Waals surface area contributed by atoms with Gasteiger partial charge in [-0.3, -0.25) is 13.9 Å². The Labute approximate surface area is 264 Å². The first-order chi connectivity index (χ1) is 21.0. The molecule has 44 heavy (non-hydrogen) atoms. The molecule has 4 rings (SSSR count). The smallest absolute Gasteiger partial charge is 0.264 e. The monoisotopic (exact) mass is 633 g/mol. The van der Waals surface area contributed by atoms with Crippen LogP contribution in [-0.2, 0) is 32.6 Å². The molecular weight excluding hydrogens is 598 g/mol. The third-order valence-corrected chi connectivity index (χ3v) is 9.30. The second kappa shape index (κ2) is 14.4. The van der Waals surface area contributed by atoms with E-state index in [9.17, 15) is 18.0 Å². The number of amides is 2. The Kier molecular flexibility index (Phi) is 10.7. The molecule has 230 valence electrons. The van der Waals surface area contributed by atoms with E-state index in [1.54, 1.807) is 24.3 Å². The summed E-state index contributed by atoms with van der Waals surface area (Å²) in [6, 6.07) is 27.0. The highest BCUT2D eigenvalue weighted by Gasteiger charge is 2.35. The van der Waals surface area contributed by atoms with E-state index in [-0.39, 0.29) is 40.2 Å². The fourth-order valence-electron chi connectivity index (χ4n) is 4.82. The van der Waals surface area contributed by atoms with E-state index in [4.69, 9.17) is 16.3 Å². The fourth-order valence-corrected chi connectivity index (χ4v) is 6.40. The van der Waals surface area contributed by atoms with Gasteiger partial charge in [-0.1, -0.05) is 89.5 Å². The molecule has 4 aromatic carbocycles. The Morgan fingerprint density at radius 1 is 0.864 bits per heavy atom. The number of hydrogen-bond donors (Lipinski definition) is 1. The molecule has 0 aliphatic heterocycles. The number of carbonyl (C=O) groups excluding carboxylic acids is 2. The van der Waals surface area contributed by atoms with Crippen LogP contribution in [-0.4, -0.2) is 51.9 Å². The van der Waals surface area contributed by atoms with Crippen LogP contribution in [0.25, 0.3) is 0 Å². The summed E-state index contributed by atoms with van der Waals surface area (Å²) in [5.41, 5.74) is 3.67. The van der Waals surface area contributed by atoms with E-state index in [1.165, 1.54) is 37.3 Å². The summed E-state index contributed by atoms with van der Waals surface area (Å²) in [7, 11) is -1.36. The maximum absolute atomic E-state index is 14.4. The third-order valence-electron chi connectivity index (χ3n) is 7.29. The van der Waals surface area contributed by atoms with Gasteiger partial charge in [-0.25, -0.2) is 8.42 Å². The Hall–Kier alpha value is -4.34. The molecule has 1 N–H and O–H groups in total. The van der Waals surface area contributed by atoms with Gasteiger partial charge in [0.15, 0.2) is 0 Å². The minimum absolute atomic E-state index is 0.00449. The van der Waals surface area contributed by atoms with E-state index in [1.807, 2.05) is 68.4 Å². The number of hydrogen-bond acceptors (Lipinski definition) is 5. The highest BCUT2D eigenvalue weighted by molar-refractivity contribution is 7.92. The number of methoxy groups -OCH3 is 1. The highest BCUT2D eigenvalue weighted by atomic mass is 35.5. The van der Waals surface area contributed by atoms with Gasteiger partial charge in [-0.15, -0.1) is 0 Å². The lowest BCUT2D eigenvalue weighted by atomic mass is 10.0. The second-order valence-corrected chi connectivity index (χ2v) is 12.8. The van der Waals surface area contributed by atoms with Gasteiger partial charge in [0.05, 0.1) is 17.7 Å². The molecule has 0 unspecified atom stereocenters. The van der Waals surface area contributed by atoms with Crippen molar-refractivity contribution in [2.45, 2.75) is 37.8 Å². The van der Waals surface area contributed by atoms with Crippen molar-refractivity contribution in [1.29, 1.82) is 0 Å². The SMILES string of the molecule is CNC(=O)[C@H](Cc1ccccc1)N(Cc1ccc(C)cc1)C(=O)CN(c1cc(Cl)ccc1OC)S(=O)(=O)c1ccc(C)cc1. The van der Waals surface area contributed by atoms with E-state index >= 15 is 0 Å². The van der Waals surface area contributed by atoms with Crippen LogP contribution in [0, 0.1) is 13.8 Å². The zero-order valence-corrected chi connectivity index (χ0v) is 26.7. The maximum Gasteiger partial charge on any atom is 0.264 e. The van der Waals surface area contributed by atoms with Crippen molar-refractivity contribution < 1.29 is 22.7 Å². The number of nitrogens with zero attached hydrogens (tertiary/aromatic N) is 2. The topological polar surface area (TPSA) is 96.0 Å². The van der Waals surface area contributed by atoms with Crippen LogP contribution in [0.15, 0.2) is 102 Å². The van der Waals surface area contributed by atoms with Crippen LogP contribution >= 0.6 is 11.6 Å². The first kappa shape index (κ1) is 32.6. The van der Waals surface area contributed by atoms with Crippen molar-refractivity contribution in [3.63, 3.8) is 0 Å². The van der Waals surface area contributed by atoms with Crippen LogP contribution in [0.5, 0.6) is 5.75 Å². The molecule has 1 atom stereocenters. The predicted molar refractivity (Wildman–Crippen MR) is 173 cm³/mol. The van der Waals surface area contributed by atoms with Crippen molar-refractivity contribution in [1.82, 2.24) is 10.2 Å². The van der Waals surface area contributed by atoms with Gasteiger partial charge in [-0.05, 0) is 55.3 Å². The number of sulfonamides is 1. The summed E-state index contributed by atoms with van der Waals surface area (Å²) < 4.78 is 34.9. The number of aryl methyl sites for hydroxylation is 2. The van der Waals surface area contributed by atoms with Crippen molar-refractivity contribution >= 4 is 39.1 Å². The van der Waals surface area contributed by atoms with Crippen LogP contribution < -0.4 is 14.4 Å². The van der Waals surface area contributed by atoms with E-state index in [0.29, 0.717) is 0 Å². The number of nitrogens with one attached hydrogen (secondary N) is 1. The lowest BCUT2D eigenvalue weighted by molar-refractivity contribution is -0.139. The number of rotatable bonds is 12. The molecule has 0 saturated heterocycles. The largest absolute Gasteiger partial charge is 0.495 e. The zero-order valence-electron chi connectivity index (χ0n) is 25.2. The molecule has 0 spiro atoms. The lowest BCUT2D eigenvalue weighted by Crippen LogP contribution is -2.53. The van der Waals surface area contributed by atoms with E-state index < -0.39 is 28.5 Å². The van der Waals surface area contributed by atoms with Gasteiger partial charge >= 0.3 is 0 Å². The maximum atomic E-state index is 14.4. The predicted octanol–water partition coefficient (Wildman–Crippen LogP) is 5.55. The summed E-state index contributed by atoms with van der Waals surface area (Å²) in [5, 5.41) is 2.95. The van der Waals surface area contributed by atoms with Crippen molar-refractivity contribution in [3.8, 4) is 5.75 Å². The van der Waals surface area contributed by atoms with Crippen molar-refractivity contribution in [2.24, 2.45) is 0 Å². The van der Waals surface area contributed by atoms with Gasteiger partial charge in [0.25, 0.3) is 10.0 Å². The second-order valence-electron chi connectivity index (χ2n) is 10.5. The van der Waals surface area contributed by atoms with Crippen LogP contribution in [0.4, 0.5) is 5.69 Å². The lowest BCUT2D eigenvalue weighted by Gasteiger charge is -2.34. The Morgan fingerprint density at radius 2 is 1.48 bits per heavy atom. The Balaban J connectivity index is 1.83. The molecule has 0 aliphatic rings. The average molecular weight is 634 g/mol. The molecule has 8 nitrogen and oxygen atoms in total. The molecule has 0 saturated carbocycles. The molecule has 10 heteroatoms. The minimum Gasteiger partial charge on any atom is -0.495 e. The van der Waals surface area contributed by atoms with Gasteiger partial charge in [0.1, 0.15) is 18.3 Å². The summed E-state index contributed by atoms with van der Waals surface area (Å²) >= 11 is 6.33. The van der Waals surface area contributed by atoms with Crippen LogP contribution in [0.3, 0.4) is 0 Å². The number of carbonyl (C=O) groups is 2. The van der Waals surface area contributed by atoms with Crippen LogP contribution in [0.2, 0.25) is 5.02 Å². The molecule has 0 aliphatic carbocycles. The average Bonchev–Trinajstić information content (AvgIpc) is 3.02. The molecule has 0 heterocycles. The molecule has 0 fully saturated rings. The highest BCUT2D eigenvalue weighted by Crippen LogP contribution is 2.35. The van der Waals surface area contributed by atoms with Gasteiger partial charge in [0, 0.05) is 25.0 Å². The molecule has 0 bridgehead atoms. The molecular formula is C34H36ClN3O5S. The first-order valence-corrected chi connectivity index (χ1v) is 15.9. The fraction of sp³-hybridized carbons (Fsp3) is 0.235. The van der Waals surface area contributed by atoms with Crippen LogP contribution in [0.1, 0.15) is 22.3 Å². The number of benzene rings is 4. The third kappa shape index (κ3) is 7.78. The van der Waals surface area contributed by atoms with E-state index in [2.05, 4.69) is 5.32 Å². The van der Waals surface area contributed by atoms with Crippen molar-refractivity contribution in [3.05, 3.63) is 124 Å². The van der Waals surface area contributed by atoms with Gasteiger partial charge < -0.3 is 15.0 Å². The zero-order chi connectivity index (χ0) is 31.9. The van der Waals surface area contributed by atoms with Gasteiger partial charge in [0.2, 0.25) is 11.8 Å². The minimum atomic E-state index is -4.29. The van der Waals surface area contributed by atoms with Gasteiger partial charge in [-0.2, -0.15) is 0 Å². The summed E-state index contributed by atoms with van der Waals surface area (Å²) in [5.74, 6) is -0.731. The Morgan fingerprint density at radius 3 is 2.07 bits per heavy atom. The number of anilines is 1. The summed E-state index contributed by atoms with van der Waals surface area (Å²) in [4.78, 5) is 29.2. The summed E-state index contributed by atoms with van der Waals surface area (Å²) in [6.45, 7) is 3.28. The standard InChI is InChI=1S/C34H36ClN3O5S/c1-24-10-14-27(15-11-24)22-37(31(34(40)36-3)20-26-8-6-5-7-9-26)33(39)23-38(30-21-28(35)16-19-32(30)43-4)44(41,42)29-17-12-25(2)13-18-29/h5-19,21,31H,20,22-23H2,1-4H3,(H,36,40)/t31-/m0/s1. The Bertz CT molecular complexity index is 1700.